The summed E-state index contributed by atoms with van der Waals surface area (Å²) in [6, 6.07) is -1.57. The van der Waals surface area contributed by atoms with Crippen LogP contribution >= 0.6 is 0 Å². The fourth-order valence-corrected chi connectivity index (χ4v) is 4.71. The smallest absolute Gasteiger partial charge is 0.364 e. The van der Waals surface area contributed by atoms with Crippen molar-refractivity contribution in [3.8, 4) is 0 Å². The number of amides is 1. The third-order valence-corrected chi connectivity index (χ3v) is 7.02. The number of aliphatic hydroxyl groups is 11. The van der Waals surface area contributed by atoms with Crippen molar-refractivity contribution in [3.05, 3.63) is 0 Å². The molecule has 2 unspecified atom stereocenters. The summed E-state index contributed by atoms with van der Waals surface area (Å²) in [7, 11) is 0. The van der Waals surface area contributed by atoms with Crippen LogP contribution in [0.4, 0.5) is 0 Å². The second-order valence-corrected chi connectivity index (χ2v) is 10.1. The Morgan fingerprint density at radius 1 is 1.02 bits per heavy atom. The van der Waals surface area contributed by atoms with Crippen molar-refractivity contribution in [2.75, 3.05) is 19.8 Å². The van der Waals surface area contributed by atoms with Gasteiger partial charge in [0.25, 0.3) is 5.79 Å². The van der Waals surface area contributed by atoms with E-state index >= 15 is 0 Å². The number of ether oxygens (including phenoxy) is 4. The van der Waals surface area contributed by atoms with Gasteiger partial charge in [0.05, 0.1) is 32.0 Å². The molecule has 2 fully saturated rings. The highest BCUT2D eigenvalue weighted by Crippen LogP contribution is 2.37. The molecule has 15 atom stereocenters. The molecule has 2 aliphatic heterocycles. The van der Waals surface area contributed by atoms with E-state index in [0.29, 0.717) is 0 Å². The van der Waals surface area contributed by atoms with Crippen LogP contribution in [0.5, 0.6) is 0 Å². The van der Waals surface area contributed by atoms with Gasteiger partial charge in [0.15, 0.2) is 12.6 Å². The molecule has 20 nitrogen and oxygen atoms in total. The molecule has 0 bridgehead atoms. The van der Waals surface area contributed by atoms with E-state index in [0.717, 1.165) is 6.92 Å². The number of carboxylic acid groups (broad SMARTS) is 1. The SMILES string of the molecule is CC(=O)NC1[C@H]([C@H](O)[C@H](O)CO)O[C@@](OC2[C@@H](O)[C@H](O[C@@H]([C@H](O)[C@@H](O)C=O)[C@H](O)CO)O[C@H](CO)[C@@H]2O)(C(=O)O)C[C@@H]1O. The molecule has 0 radical (unpaired) electrons. The van der Waals surface area contributed by atoms with Crippen LogP contribution in [0.2, 0.25) is 0 Å². The molecule has 0 spiro atoms. The highest BCUT2D eigenvalue weighted by atomic mass is 16.8. The van der Waals surface area contributed by atoms with E-state index in [4.69, 9.17) is 18.9 Å². The van der Waals surface area contributed by atoms with Gasteiger partial charge in [0.2, 0.25) is 5.91 Å². The van der Waals surface area contributed by atoms with Gasteiger partial charge in [-0.1, -0.05) is 0 Å². The first kappa shape index (κ1) is 37.2. The van der Waals surface area contributed by atoms with Gasteiger partial charge in [0, 0.05) is 13.3 Å². The molecular formula is C23H39NO19. The number of nitrogens with one attached hydrogen (secondary N) is 1. The summed E-state index contributed by atoms with van der Waals surface area (Å²) in [6.45, 7) is -2.18. The van der Waals surface area contributed by atoms with Crippen LogP contribution in [-0.2, 0) is 33.3 Å². The summed E-state index contributed by atoms with van der Waals surface area (Å²) >= 11 is 0. The van der Waals surface area contributed by atoms with Crippen molar-refractivity contribution in [1.29, 1.82) is 0 Å². The lowest BCUT2D eigenvalue weighted by atomic mass is 9.88. The maximum Gasteiger partial charge on any atom is 0.364 e. The summed E-state index contributed by atoms with van der Waals surface area (Å²) in [5.41, 5.74) is 0. The van der Waals surface area contributed by atoms with Crippen LogP contribution in [-0.4, -0.2) is 191 Å². The molecule has 2 heterocycles. The standard InChI is InChI=1S/C23H39NO19/c1-7(29)24-13-8(30)2-23(22(38)39,42-19(13)15(35)10(32)4-26)43-20-16(36)12(6-28)40-21(17(20)37)41-18(11(33)5-27)14(34)9(31)3-25/h3,8-21,26-28,30-37H,2,4-6H2,1H3,(H,24,29)(H,38,39)/t8-,9-,10+,11+,12+,13?,14+,15+,16-,17+,18+,19+,20?,21-,23-/m0/s1. The number of hydrogen-bond acceptors (Lipinski definition) is 18. The monoisotopic (exact) mass is 633 g/mol. The Kier molecular flexibility index (Phi) is 13.7. The van der Waals surface area contributed by atoms with Crippen molar-refractivity contribution in [3.63, 3.8) is 0 Å². The molecular weight excluding hydrogens is 594 g/mol. The van der Waals surface area contributed by atoms with Crippen LogP contribution in [0.25, 0.3) is 0 Å². The number of carbonyl (C=O) groups excluding carboxylic acids is 2. The van der Waals surface area contributed by atoms with Gasteiger partial charge < -0.3 is 90.3 Å². The zero-order chi connectivity index (χ0) is 32.8. The molecule has 13 N–H and O–H groups in total. The van der Waals surface area contributed by atoms with Crippen molar-refractivity contribution < 1.29 is 94.6 Å². The summed E-state index contributed by atoms with van der Waals surface area (Å²) in [5.74, 6) is -5.85. The molecule has 2 rings (SSSR count). The first-order valence-corrected chi connectivity index (χ1v) is 13.0. The number of hydrogen-bond donors (Lipinski definition) is 13. The normalized spacial score (nSPS) is 37.4. The van der Waals surface area contributed by atoms with Crippen LogP contribution in [0.3, 0.4) is 0 Å². The molecule has 0 aromatic rings. The first-order chi connectivity index (χ1) is 20.1. The van der Waals surface area contributed by atoms with Gasteiger partial charge >= 0.3 is 5.97 Å². The number of aliphatic carboxylic acids is 1. The molecule has 43 heavy (non-hydrogen) atoms. The lowest BCUT2D eigenvalue weighted by Gasteiger charge is -2.50. The quantitative estimate of drug-likeness (QED) is 0.0744. The van der Waals surface area contributed by atoms with Crippen molar-refractivity contribution in [2.24, 2.45) is 0 Å². The summed E-state index contributed by atoms with van der Waals surface area (Å²) in [4.78, 5) is 35.2. The lowest BCUT2D eigenvalue weighted by Crippen LogP contribution is -2.70. The molecule has 0 saturated carbocycles. The van der Waals surface area contributed by atoms with Gasteiger partial charge in [-0.3, -0.25) is 4.79 Å². The molecule has 1 amide bonds. The zero-order valence-electron chi connectivity index (χ0n) is 22.7. The number of carbonyl (C=O) groups is 3. The minimum atomic E-state index is -3.07. The maximum absolute atomic E-state index is 12.5. The van der Waals surface area contributed by atoms with Gasteiger partial charge in [-0.25, -0.2) is 4.79 Å². The van der Waals surface area contributed by atoms with E-state index in [-0.39, 0.29) is 6.29 Å². The summed E-state index contributed by atoms with van der Waals surface area (Å²) in [6.07, 6.45) is -28.0. The Balaban J connectivity index is 2.49. The van der Waals surface area contributed by atoms with Crippen molar-refractivity contribution in [2.45, 2.75) is 105 Å². The van der Waals surface area contributed by atoms with Crippen LogP contribution < -0.4 is 5.32 Å². The molecule has 2 saturated heterocycles. The van der Waals surface area contributed by atoms with Crippen molar-refractivity contribution >= 4 is 18.2 Å². The number of aliphatic hydroxyl groups excluding tert-OH is 11. The highest BCUT2D eigenvalue weighted by Gasteiger charge is 2.59. The van der Waals surface area contributed by atoms with Gasteiger partial charge in [-0.15, -0.1) is 0 Å². The van der Waals surface area contributed by atoms with E-state index in [1.165, 1.54) is 0 Å². The third kappa shape index (κ3) is 8.39. The molecule has 0 aliphatic carbocycles. The summed E-state index contributed by atoms with van der Waals surface area (Å²) < 4.78 is 21.5. The second-order valence-electron chi connectivity index (χ2n) is 10.1. The van der Waals surface area contributed by atoms with Crippen molar-refractivity contribution in [1.82, 2.24) is 5.32 Å². The van der Waals surface area contributed by atoms with Gasteiger partial charge in [0.1, 0.15) is 67.1 Å². The predicted molar refractivity (Wildman–Crippen MR) is 131 cm³/mol. The zero-order valence-corrected chi connectivity index (χ0v) is 22.7. The largest absolute Gasteiger partial charge is 0.477 e. The van der Waals surface area contributed by atoms with E-state index in [1.54, 1.807) is 0 Å². The van der Waals surface area contributed by atoms with Crippen LogP contribution in [0.15, 0.2) is 0 Å². The average molecular weight is 634 g/mol. The van der Waals surface area contributed by atoms with Gasteiger partial charge in [-0.2, -0.15) is 0 Å². The number of carboxylic acids is 1. The van der Waals surface area contributed by atoms with E-state index < -0.39 is 129 Å². The van der Waals surface area contributed by atoms with Crippen LogP contribution in [0.1, 0.15) is 13.3 Å². The molecule has 0 aromatic heterocycles. The lowest BCUT2D eigenvalue weighted by molar-refractivity contribution is -0.377. The fourth-order valence-electron chi connectivity index (χ4n) is 4.71. The van der Waals surface area contributed by atoms with Gasteiger partial charge in [-0.05, 0) is 0 Å². The second kappa shape index (κ2) is 15.8. The van der Waals surface area contributed by atoms with E-state index in [2.05, 4.69) is 5.32 Å². The highest BCUT2D eigenvalue weighted by molar-refractivity contribution is 5.76. The van der Waals surface area contributed by atoms with E-state index in [1.807, 2.05) is 0 Å². The average Bonchev–Trinajstić information content (AvgIpc) is 2.97. The Morgan fingerprint density at radius 2 is 1.63 bits per heavy atom. The molecule has 2 aliphatic rings. The Labute approximate surface area is 243 Å². The predicted octanol–water partition coefficient (Wildman–Crippen LogP) is -8.38. The van der Waals surface area contributed by atoms with E-state index in [9.17, 15) is 75.7 Å². The van der Waals surface area contributed by atoms with Crippen LogP contribution in [0, 0.1) is 0 Å². The number of rotatable bonds is 15. The molecule has 0 aromatic carbocycles. The third-order valence-electron chi connectivity index (χ3n) is 7.02. The molecule has 250 valence electrons. The topological polar surface area (TPSA) is 343 Å². The first-order valence-electron chi connectivity index (χ1n) is 13.0. The molecule has 20 heteroatoms. The maximum atomic E-state index is 12.5. The Bertz CT molecular complexity index is 927. The summed E-state index contributed by atoms with van der Waals surface area (Å²) in [5, 5.41) is 124. The minimum absolute atomic E-state index is 0.134. The Hall–Kier alpha value is -1.99. The minimum Gasteiger partial charge on any atom is -0.477 e. The number of aldehydes is 1. The fraction of sp³-hybridized carbons (Fsp3) is 0.870. The Morgan fingerprint density at radius 3 is 2.12 bits per heavy atom.